The molecule has 0 unspecified atom stereocenters. The van der Waals surface area contributed by atoms with E-state index in [1.54, 1.807) is 5.32 Å². The van der Waals surface area contributed by atoms with Crippen LogP contribution in [0.2, 0.25) is 0 Å². The summed E-state index contributed by atoms with van der Waals surface area (Å²) in [4.78, 5) is 22.9. The lowest BCUT2D eigenvalue weighted by atomic mass is 10.1. The number of hydrogen-bond donors (Lipinski definition) is 2. The first-order valence-corrected chi connectivity index (χ1v) is 7.08. The van der Waals surface area contributed by atoms with Gasteiger partial charge in [-0.05, 0) is 30.7 Å². The van der Waals surface area contributed by atoms with Gasteiger partial charge in [0.1, 0.15) is 0 Å². The van der Waals surface area contributed by atoms with Crippen molar-refractivity contribution in [2.75, 3.05) is 10.6 Å². The molecule has 7 heteroatoms. The average molecular weight is 336 g/mol. The SMILES string of the molecule is Cc1ccc(CC(=O)Nc2cccc(NC(=O)C(F)(F)F)c2)cc1. The Hall–Kier alpha value is -2.83. The summed E-state index contributed by atoms with van der Waals surface area (Å²) in [5.41, 5.74) is 2.14. The fraction of sp³-hybridized carbons (Fsp3) is 0.176. The fourth-order valence-electron chi connectivity index (χ4n) is 1.97. The van der Waals surface area contributed by atoms with E-state index in [0.717, 1.165) is 11.1 Å². The Morgan fingerprint density at radius 2 is 1.54 bits per heavy atom. The Balaban J connectivity index is 1.99. The molecular formula is C17H15F3N2O2. The lowest BCUT2D eigenvalue weighted by Crippen LogP contribution is -2.29. The van der Waals surface area contributed by atoms with Crippen molar-refractivity contribution in [3.8, 4) is 0 Å². The zero-order chi connectivity index (χ0) is 17.7. The minimum absolute atomic E-state index is 0.0505. The van der Waals surface area contributed by atoms with Gasteiger partial charge in [-0.15, -0.1) is 0 Å². The number of benzene rings is 2. The van der Waals surface area contributed by atoms with Crippen LogP contribution in [0.4, 0.5) is 24.5 Å². The second kappa shape index (κ2) is 7.16. The number of halogens is 3. The van der Waals surface area contributed by atoms with Crippen LogP contribution in [0.15, 0.2) is 48.5 Å². The van der Waals surface area contributed by atoms with Crippen molar-refractivity contribution < 1.29 is 22.8 Å². The number of amides is 2. The second-order valence-corrected chi connectivity index (χ2v) is 5.24. The van der Waals surface area contributed by atoms with Gasteiger partial charge in [0.05, 0.1) is 6.42 Å². The van der Waals surface area contributed by atoms with E-state index in [9.17, 15) is 22.8 Å². The Bertz CT molecular complexity index is 740. The molecule has 0 aromatic heterocycles. The van der Waals surface area contributed by atoms with Crippen LogP contribution in [0, 0.1) is 6.92 Å². The molecule has 0 atom stereocenters. The van der Waals surface area contributed by atoms with E-state index in [1.807, 2.05) is 31.2 Å². The smallest absolute Gasteiger partial charge is 0.326 e. The van der Waals surface area contributed by atoms with Gasteiger partial charge in [-0.1, -0.05) is 35.9 Å². The third-order valence-electron chi connectivity index (χ3n) is 3.15. The van der Waals surface area contributed by atoms with E-state index in [-0.39, 0.29) is 18.0 Å². The summed E-state index contributed by atoms with van der Waals surface area (Å²) in [6, 6.07) is 13.0. The van der Waals surface area contributed by atoms with E-state index in [4.69, 9.17) is 0 Å². The van der Waals surface area contributed by atoms with Crippen LogP contribution in [0.25, 0.3) is 0 Å². The maximum absolute atomic E-state index is 12.2. The number of carbonyl (C=O) groups is 2. The number of carbonyl (C=O) groups excluding carboxylic acids is 2. The third-order valence-corrected chi connectivity index (χ3v) is 3.15. The molecular weight excluding hydrogens is 321 g/mol. The van der Waals surface area contributed by atoms with Crippen LogP contribution >= 0.6 is 0 Å². The van der Waals surface area contributed by atoms with Gasteiger partial charge in [0.15, 0.2) is 0 Å². The molecule has 0 aliphatic heterocycles. The molecule has 0 radical (unpaired) electrons. The molecule has 2 aromatic rings. The molecule has 2 aromatic carbocycles. The van der Waals surface area contributed by atoms with Gasteiger partial charge in [0, 0.05) is 11.4 Å². The quantitative estimate of drug-likeness (QED) is 0.895. The first-order valence-electron chi connectivity index (χ1n) is 7.08. The number of anilines is 2. The van der Waals surface area contributed by atoms with Crippen LogP contribution in [-0.2, 0) is 16.0 Å². The topological polar surface area (TPSA) is 58.2 Å². The van der Waals surface area contributed by atoms with Crippen LogP contribution < -0.4 is 10.6 Å². The summed E-state index contributed by atoms with van der Waals surface area (Å²) in [7, 11) is 0. The van der Waals surface area contributed by atoms with E-state index < -0.39 is 12.1 Å². The summed E-state index contributed by atoms with van der Waals surface area (Å²) in [5.74, 6) is -2.37. The molecule has 0 aliphatic carbocycles. The second-order valence-electron chi connectivity index (χ2n) is 5.24. The van der Waals surface area contributed by atoms with Crippen molar-refractivity contribution >= 4 is 23.2 Å². The van der Waals surface area contributed by atoms with Crippen LogP contribution in [0.1, 0.15) is 11.1 Å². The summed E-state index contributed by atoms with van der Waals surface area (Å²) in [5, 5.41) is 4.32. The zero-order valence-corrected chi connectivity index (χ0v) is 12.8. The van der Waals surface area contributed by atoms with Crippen molar-refractivity contribution in [3.63, 3.8) is 0 Å². The molecule has 24 heavy (non-hydrogen) atoms. The Kier molecular flexibility index (Phi) is 5.23. The first kappa shape index (κ1) is 17.5. The highest BCUT2D eigenvalue weighted by Crippen LogP contribution is 2.20. The molecule has 0 spiro atoms. The van der Waals surface area contributed by atoms with Crippen molar-refractivity contribution in [2.45, 2.75) is 19.5 Å². The van der Waals surface area contributed by atoms with Crippen LogP contribution in [0.3, 0.4) is 0 Å². The molecule has 0 saturated heterocycles. The predicted molar refractivity (Wildman–Crippen MR) is 84.6 cm³/mol. The lowest BCUT2D eigenvalue weighted by Gasteiger charge is -2.10. The number of alkyl halides is 3. The normalized spacial score (nSPS) is 11.0. The van der Waals surface area contributed by atoms with Crippen molar-refractivity contribution in [1.29, 1.82) is 0 Å². The van der Waals surface area contributed by atoms with E-state index in [1.165, 1.54) is 24.3 Å². The minimum atomic E-state index is -4.97. The summed E-state index contributed by atoms with van der Waals surface area (Å²) in [6.45, 7) is 1.94. The van der Waals surface area contributed by atoms with E-state index in [0.29, 0.717) is 5.69 Å². The largest absolute Gasteiger partial charge is 0.471 e. The zero-order valence-electron chi connectivity index (χ0n) is 12.8. The highest BCUT2D eigenvalue weighted by molar-refractivity contribution is 5.96. The minimum Gasteiger partial charge on any atom is -0.326 e. The van der Waals surface area contributed by atoms with Gasteiger partial charge in [-0.2, -0.15) is 13.2 Å². The van der Waals surface area contributed by atoms with Crippen LogP contribution in [-0.4, -0.2) is 18.0 Å². The number of hydrogen-bond acceptors (Lipinski definition) is 2. The Morgan fingerprint density at radius 1 is 0.958 bits per heavy atom. The highest BCUT2D eigenvalue weighted by atomic mass is 19.4. The van der Waals surface area contributed by atoms with Crippen molar-refractivity contribution in [1.82, 2.24) is 0 Å². The van der Waals surface area contributed by atoms with Gasteiger partial charge in [0.25, 0.3) is 0 Å². The van der Waals surface area contributed by atoms with Gasteiger partial charge in [0.2, 0.25) is 5.91 Å². The average Bonchev–Trinajstić information content (AvgIpc) is 2.49. The predicted octanol–water partition coefficient (Wildman–Crippen LogP) is 3.68. The number of rotatable bonds is 4. The summed E-state index contributed by atoms with van der Waals surface area (Å²) in [6.07, 6.45) is -4.83. The standard InChI is InChI=1S/C17H15F3N2O2/c1-11-5-7-12(8-6-11)9-15(23)21-13-3-2-4-14(10-13)22-16(24)17(18,19)20/h2-8,10H,9H2,1H3,(H,21,23)(H,22,24). The number of aryl methyl sites for hydroxylation is 1. The molecule has 0 heterocycles. The first-order chi connectivity index (χ1) is 11.2. The van der Waals surface area contributed by atoms with Gasteiger partial charge >= 0.3 is 12.1 Å². The maximum atomic E-state index is 12.2. The molecule has 0 aliphatic rings. The maximum Gasteiger partial charge on any atom is 0.471 e. The van der Waals surface area contributed by atoms with Crippen molar-refractivity contribution in [3.05, 3.63) is 59.7 Å². The van der Waals surface area contributed by atoms with Gasteiger partial charge in [-0.25, -0.2) is 0 Å². The van der Waals surface area contributed by atoms with Crippen LogP contribution in [0.5, 0.6) is 0 Å². The Morgan fingerprint density at radius 3 is 2.12 bits per heavy atom. The molecule has 2 amide bonds. The van der Waals surface area contributed by atoms with Gasteiger partial charge in [-0.3, -0.25) is 9.59 Å². The highest BCUT2D eigenvalue weighted by Gasteiger charge is 2.38. The van der Waals surface area contributed by atoms with E-state index in [2.05, 4.69) is 5.32 Å². The third kappa shape index (κ3) is 5.12. The van der Waals surface area contributed by atoms with Crippen molar-refractivity contribution in [2.24, 2.45) is 0 Å². The summed E-state index contributed by atoms with van der Waals surface area (Å²) >= 11 is 0. The molecule has 0 saturated carbocycles. The van der Waals surface area contributed by atoms with E-state index >= 15 is 0 Å². The fourth-order valence-corrected chi connectivity index (χ4v) is 1.97. The monoisotopic (exact) mass is 336 g/mol. The number of nitrogens with one attached hydrogen (secondary N) is 2. The lowest BCUT2D eigenvalue weighted by molar-refractivity contribution is -0.167. The molecule has 2 rings (SSSR count). The molecule has 126 valence electrons. The molecule has 0 fully saturated rings. The molecule has 2 N–H and O–H groups in total. The molecule has 0 bridgehead atoms. The molecule has 4 nitrogen and oxygen atoms in total. The Labute approximate surface area is 136 Å². The van der Waals surface area contributed by atoms with Gasteiger partial charge < -0.3 is 10.6 Å². The summed E-state index contributed by atoms with van der Waals surface area (Å²) < 4.78 is 36.7.